The van der Waals surface area contributed by atoms with Crippen molar-refractivity contribution in [2.75, 3.05) is 7.11 Å². The maximum Gasteiger partial charge on any atom is 0.316 e. The molecule has 0 saturated carbocycles. The Kier molecular flexibility index (Phi) is 2.60. The van der Waals surface area contributed by atoms with Gasteiger partial charge in [0.25, 0.3) is 0 Å². The Hall–Kier alpha value is -1.38. The molecule has 0 aromatic carbocycles. The first-order chi connectivity index (χ1) is 5.33. The Bertz CT molecular complexity index is 233. The highest BCUT2D eigenvalue weighted by atomic mass is 16.5. The summed E-state index contributed by atoms with van der Waals surface area (Å²) in [5, 5.41) is 0. The molecule has 0 aliphatic heterocycles. The predicted octanol–water partition coefficient (Wildman–Crippen LogP) is 0.807. The number of methoxy groups -OCH3 is 1. The first-order valence-corrected chi connectivity index (χ1v) is 3.16. The summed E-state index contributed by atoms with van der Waals surface area (Å²) in [5.41, 5.74) is 0.611. The molecule has 0 amide bonds. The van der Waals surface area contributed by atoms with E-state index in [0.29, 0.717) is 5.69 Å². The monoisotopic (exact) mass is 150 g/mol. The van der Waals surface area contributed by atoms with E-state index in [2.05, 4.69) is 9.72 Å². The Balaban J connectivity index is 2.58. The number of carbonyl (C=O) groups is 1. The van der Waals surface area contributed by atoms with Crippen LogP contribution >= 0.6 is 0 Å². The highest BCUT2D eigenvalue weighted by Crippen LogP contribution is 1.97. The second kappa shape index (κ2) is 3.71. The molecule has 0 atom stereocenters. The predicted molar refractivity (Wildman–Crippen MR) is 39.7 cm³/mol. The van der Waals surface area contributed by atoms with Crippen LogP contribution in [0.3, 0.4) is 0 Å². The first-order valence-electron chi connectivity index (χ1n) is 3.16. The summed E-state index contributed by atoms with van der Waals surface area (Å²) >= 11 is 0. The van der Waals surface area contributed by atoms with Crippen molar-refractivity contribution < 1.29 is 9.53 Å². The Morgan fingerprint density at radius 1 is 1.64 bits per heavy atom. The number of hydrogen-bond donors (Lipinski definition) is 0. The van der Waals surface area contributed by atoms with Crippen LogP contribution in [0.4, 0.5) is 0 Å². The molecule has 0 N–H and O–H groups in total. The minimum Gasteiger partial charge on any atom is -0.468 e. The minimum absolute atomic E-state index is 0.385. The Labute approximate surface area is 65.0 Å². The number of aromatic nitrogens is 1. The van der Waals surface area contributed by atoms with E-state index in [0.717, 1.165) is 0 Å². The lowest BCUT2D eigenvalue weighted by atomic mass is 10.3. The summed E-state index contributed by atoms with van der Waals surface area (Å²) in [7, 11) is 1.34. The number of nitrogens with zero attached hydrogens (tertiary/aromatic N) is 1. The number of rotatable bonds is 2. The van der Waals surface area contributed by atoms with Crippen LogP contribution in [0.1, 0.15) is 5.69 Å². The second-order valence-electron chi connectivity index (χ2n) is 1.92. The van der Waals surface area contributed by atoms with Gasteiger partial charge in [-0.3, -0.25) is 9.78 Å². The summed E-state index contributed by atoms with van der Waals surface area (Å²) < 4.78 is 4.42. The molecular weight excluding hydrogens is 142 g/mol. The summed E-state index contributed by atoms with van der Waals surface area (Å²) in [6, 6.07) is 5.33. The van der Waals surface area contributed by atoms with Gasteiger partial charge in [0.2, 0.25) is 0 Å². The number of ether oxygens (including phenoxy) is 1. The third-order valence-electron chi connectivity index (χ3n) is 1.15. The van der Waals surface area contributed by atoms with Crippen molar-refractivity contribution in [3.63, 3.8) is 0 Å². The van der Waals surface area contributed by atoms with E-state index in [1.165, 1.54) is 13.5 Å². The van der Waals surface area contributed by atoms with E-state index < -0.39 is 0 Å². The molecule has 1 rings (SSSR count). The van der Waals surface area contributed by atoms with Crippen LogP contribution in [0, 0.1) is 6.42 Å². The SMILES string of the molecule is COC(=O)[CH]c1ccccn1. The molecule has 1 aromatic heterocycles. The van der Waals surface area contributed by atoms with Crippen LogP contribution in [-0.2, 0) is 9.53 Å². The highest BCUT2D eigenvalue weighted by Gasteiger charge is 2.02. The van der Waals surface area contributed by atoms with Crippen molar-refractivity contribution in [2.24, 2.45) is 0 Å². The third-order valence-corrected chi connectivity index (χ3v) is 1.15. The zero-order valence-electron chi connectivity index (χ0n) is 6.15. The summed E-state index contributed by atoms with van der Waals surface area (Å²) in [6.07, 6.45) is 2.95. The maximum absolute atomic E-state index is 10.7. The standard InChI is InChI=1S/C8H8NO2/c1-11-8(10)6-7-4-2-3-5-9-7/h2-6H,1H3. The number of carbonyl (C=O) groups excluding carboxylic acids is 1. The van der Waals surface area contributed by atoms with Gasteiger partial charge in [-0.15, -0.1) is 0 Å². The van der Waals surface area contributed by atoms with Gasteiger partial charge in [-0.1, -0.05) is 6.07 Å². The zero-order valence-corrected chi connectivity index (χ0v) is 6.15. The van der Waals surface area contributed by atoms with Gasteiger partial charge < -0.3 is 4.74 Å². The fraction of sp³-hybridized carbons (Fsp3) is 0.125. The lowest BCUT2D eigenvalue weighted by Crippen LogP contribution is -2.02. The van der Waals surface area contributed by atoms with E-state index in [9.17, 15) is 4.79 Å². The molecule has 1 radical (unpaired) electrons. The smallest absolute Gasteiger partial charge is 0.316 e. The quantitative estimate of drug-likeness (QED) is 0.585. The van der Waals surface area contributed by atoms with Crippen molar-refractivity contribution in [3.8, 4) is 0 Å². The molecule has 0 bridgehead atoms. The minimum atomic E-state index is -0.385. The number of esters is 1. The fourth-order valence-electron chi connectivity index (χ4n) is 0.641. The Morgan fingerprint density at radius 2 is 2.45 bits per heavy atom. The van der Waals surface area contributed by atoms with Crippen molar-refractivity contribution in [2.45, 2.75) is 0 Å². The lowest BCUT2D eigenvalue weighted by molar-refractivity contribution is -0.136. The lowest BCUT2D eigenvalue weighted by Gasteiger charge is -1.95. The molecule has 3 heteroatoms. The second-order valence-corrected chi connectivity index (χ2v) is 1.92. The molecule has 1 heterocycles. The highest BCUT2D eigenvalue weighted by molar-refractivity contribution is 5.82. The van der Waals surface area contributed by atoms with E-state index >= 15 is 0 Å². The molecule has 3 nitrogen and oxygen atoms in total. The molecule has 0 aliphatic rings. The fourth-order valence-corrected chi connectivity index (χ4v) is 0.641. The van der Waals surface area contributed by atoms with Gasteiger partial charge in [0.1, 0.15) is 6.42 Å². The maximum atomic E-state index is 10.7. The van der Waals surface area contributed by atoms with Crippen LogP contribution in [0.25, 0.3) is 0 Å². The van der Waals surface area contributed by atoms with Gasteiger partial charge in [-0.25, -0.2) is 0 Å². The largest absolute Gasteiger partial charge is 0.468 e. The molecule has 1 aromatic rings. The third kappa shape index (κ3) is 2.37. The molecule has 0 saturated heterocycles. The average Bonchev–Trinajstić information content (AvgIpc) is 2.06. The van der Waals surface area contributed by atoms with Crippen LogP contribution < -0.4 is 0 Å². The van der Waals surface area contributed by atoms with Crippen molar-refractivity contribution >= 4 is 5.97 Å². The molecular formula is C8H8NO2. The molecule has 0 aliphatic carbocycles. The van der Waals surface area contributed by atoms with Crippen molar-refractivity contribution in [3.05, 3.63) is 36.5 Å². The summed E-state index contributed by atoms with van der Waals surface area (Å²) in [6.45, 7) is 0. The van der Waals surface area contributed by atoms with Crippen LogP contribution in [0.5, 0.6) is 0 Å². The number of pyridine rings is 1. The van der Waals surface area contributed by atoms with Crippen LogP contribution in [-0.4, -0.2) is 18.1 Å². The van der Waals surface area contributed by atoms with Gasteiger partial charge in [0.15, 0.2) is 0 Å². The average molecular weight is 150 g/mol. The van der Waals surface area contributed by atoms with Gasteiger partial charge in [0, 0.05) is 6.20 Å². The van der Waals surface area contributed by atoms with E-state index in [-0.39, 0.29) is 5.97 Å². The van der Waals surface area contributed by atoms with Crippen LogP contribution in [0.2, 0.25) is 0 Å². The van der Waals surface area contributed by atoms with E-state index in [1.807, 2.05) is 6.07 Å². The molecule has 11 heavy (non-hydrogen) atoms. The summed E-state index contributed by atoms with van der Waals surface area (Å²) in [5.74, 6) is -0.385. The number of hydrogen-bond acceptors (Lipinski definition) is 3. The molecule has 0 fully saturated rings. The van der Waals surface area contributed by atoms with Crippen molar-refractivity contribution in [1.29, 1.82) is 0 Å². The molecule has 0 spiro atoms. The Morgan fingerprint density at radius 3 is 3.00 bits per heavy atom. The molecule has 57 valence electrons. The van der Waals surface area contributed by atoms with E-state index in [1.54, 1.807) is 18.3 Å². The zero-order chi connectivity index (χ0) is 8.10. The van der Waals surface area contributed by atoms with E-state index in [4.69, 9.17) is 0 Å². The topological polar surface area (TPSA) is 39.2 Å². The van der Waals surface area contributed by atoms with Gasteiger partial charge >= 0.3 is 5.97 Å². The summed E-state index contributed by atoms with van der Waals surface area (Å²) in [4.78, 5) is 14.6. The molecule has 0 unspecified atom stereocenters. The van der Waals surface area contributed by atoms with Crippen LogP contribution in [0.15, 0.2) is 24.4 Å². The normalized spacial score (nSPS) is 9.18. The first kappa shape index (κ1) is 7.72. The van der Waals surface area contributed by atoms with Crippen molar-refractivity contribution in [1.82, 2.24) is 4.98 Å². The van der Waals surface area contributed by atoms with Gasteiger partial charge in [0.05, 0.1) is 12.8 Å². The van der Waals surface area contributed by atoms with Gasteiger partial charge in [-0.2, -0.15) is 0 Å². The van der Waals surface area contributed by atoms with Gasteiger partial charge in [-0.05, 0) is 12.1 Å².